The molecule has 0 radical (unpaired) electrons. The molecule has 2 fully saturated rings. The van der Waals surface area contributed by atoms with Crippen molar-refractivity contribution in [3.05, 3.63) is 70.3 Å². The number of rotatable bonds is 6. The Bertz CT molecular complexity index is 1200. The molecule has 1 saturated heterocycles. The summed E-state index contributed by atoms with van der Waals surface area (Å²) < 4.78 is 22.9. The van der Waals surface area contributed by atoms with E-state index in [-0.39, 0.29) is 23.0 Å². The molecule has 1 N–H and O–H groups in total. The second-order valence-corrected chi connectivity index (χ2v) is 8.25. The highest BCUT2D eigenvalue weighted by molar-refractivity contribution is 5.93. The molecule has 7 heteroatoms. The number of ether oxygens (including phenoxy) is 1. The number of nitrogens with zero attached hydrogens (tertiary/aromatic N) is 2. The van der Waals surface area contributed by atoms with Gasteiger partial charge in [-0.05, 0) is 49.9 Å². The Kier molecular flexibility index (Phi) is 4.88. The molecule has 160 valence electrons. The second kappa shape index (κ2) is 7.72. The van der Waals surface area contributed by atoms with Gasteiger partial charge in [-0.2, -0.15) is 0 Å². The van der Waals surface area contributed by atoms with Crippen LogP contribution in [0.25, 0.3) is 10.9 Å². The van der Waals surface area contributed by atoms with Crippen molar-refractivity contribution in [2.75, 3.05) is 18.1 Å². The predicted octanol–water partition coefficient (Wildman–Crippen LogP) is 4.22. The predicted molar refractivity (Wildman–Crippen MR) is 116 cm³/mol. The number of anilines is 1. The van der Waals surface area contributed by atoms with Crippen molar-refractivity contribution in [1.29, 1.82) is 0 Å². The number of aromatic nitrogens is 1. The Hall–Kier alpha value is -3.35. The minimum absolute atomic E-state index is 0.0199. The lowest BCUT2D eigenvalue weighted by Gasteiger charge is -2.28. The minimum Gasteiger partial charge on any atom is -0.491 e. The van der Waals surface area contributed by atoms with Crippen LogP contribution in [0.5, 0.6) is 5.75 Å². The standard InChI is InChI=1S/C24H23FN2O4/c25-20-11-18-21(27(15-8-9-15)13-19(23(18)28)24(29)30)12-22(20)26-10-4-5-16(26)14-31-17-6-2-1-3-7-17/h1-3,6-7,11-13,15-16H,4-5,8-10,14H2,(H,29,30)/t16-/m1/s1. The first-order valence-corrected chi connectivity index (χ1v) is 10.6. The number of fused-ring (bicyclic) bond motifs is 1. The van der Waals surface area contributed by atoms with Crippen LogP contribution in [0.2, 0.25) is 0 Å². The fraction of sp³-hybridized carbons (Fsp3) is 0.333. The van der Waals surface area contributed by atoms with E-state index in [9.17, 15) is 14.7 Å². The van der Waals surface area contributed by atoms with Gasteiger partial charge in [0.1, 0.15) is 23.7 Å². The highest BCUT2D eigenvalue weighted by Gasteiger charge is 2.31. The highest BCUT2D eigenvalue weighted by Crippen LogP contribution is 2.39. The maximum Gasteiger partial charge on any atom is 0.341 e. The summed E-state index contributed by atoms with van der Waals surface area (Å²) in [6.07, 6.45) is 5.06. The molecule has 6 nitrogen and oxygen atoms in total. The monoisotopic (exact) mass is 422 g/mol. The van der Waals surface area contributed by atoms with Gasteiger partial charge in [-0.15, -0.1) is 0 Å². The molecular weight excluding hydrogens is 399 g/mol. The van der Waals surface area contributed by atoms with Gasteiger partial charge in [-0.1, -0.05) is 18.2 Å². The lowest BCUT2D eigenvalue weighted by molar-refractivity contribution is 0.0695. The van der Waals surface area contributed by atoms with E-state index in [1.54, 1.807) is 6.07 Å². The van der Waals surface area contributed by atoms with Gasteiger partial charge >= 0.3 is 5.97 Å². The summed E-state index contributed by atoms with van der Waals surface area (Å²) in [6, 6.07) is 12.6. The Balaban J connectivity index is 1.53. The Labute approximate surface area is 178 Å². The number of para-hydroxylation sites is 1. The number of halogens is 1. The molecule has 31 heavy (non-hydrogen) atoms. The molecule has 3 aromatic rings. The lowest BCUT2D eigenvalue weighted by atomic mass is 10.1. The van der Waals surface area contributed by atoms with E-state index < -0.39 is 17.2 Å². The Morgan fingerprint density at radius 3 is 2.65 bits per heavy atom. The van der Waals surface area contributed by atoms with E-state index in [0.717, 1.165) is 31.4 Å². The van der Waals surface area contributed by atoms with E-state index >= 15 is 4.39 Å². The van der Waals surface area contributed by atoms with Gasteiger partial charge in [0.25, 0.3) is 0 Å². The van der Waals surface area contributed by atoms with Crippen LogP contribution in [0.3, 0.4) is 0 Å². The normalized spacial score (nSPS) is 18.5. The summed E-state index contributed by atoms with van der Waals surface area (Å²) in [4.78, 5) is 26.2. The van der Waals surface area contributed by atoms with Crippen molar-refractivity contribution < 1.29 is 19.0 Å². The van der Waals surface area contributed by atoms with Crippen molar-refractivity contribution in [1.82, 2.24) is 4.57 Å². The lowest BCUT2D eigenvalue weighted by Crippen LogP contribution is -2.35. The molecule has 5 rings (SSSR count). The third-order valence-corrected chi connectivity index (χ3v) is 6.14. The maximum atomic E-state index is 15.2. The molecule has 0 bridgehead atoms. The molecule has 2 heterocycles. The van der Waals surface area contributed by atoms with Crippen molar-refractivity contribution in [3.8, 4) is 5.75 Å². The first-order chi connectivity index (χ1) is 15.0. The second-order valence-electron chi connectivity index (χ2n) is 8.25. The molecule has 1 aliphatic heterocycles. The molecule has 2 aliphatic rings. The number of hydrogen-bond acceptors (Lipinski definition) is 4. The van der Waals surface area contributed by atoms with Crippen molar-refractivity contribution in [2.45, 2.75) is 37.8 Å². The Morgan fingerprint density at radius 2 is 1.94 bits per heavy atom. The van der Waals surface area contributed by atoms with Crippen LogP contribution in [-0.2, 0) is 0 Å². The molecule has 2 aromatic carbocycles. The average Bonchev–Trinajstić information content (AvgIpc) is 3.50. The van der Waals surface area contributed by atoms with E-state index in [4.69, 9.17) is 4.74 Å². The molecule has 1 aliphatic carbocycles. The summed E-state index contributed by atoms with van der Waals surface area (Å²) in [5.74, 6) is -1.03. The van der Waals surface area contributed by atoms with Crippen LogP contribution in [0.1, 0.15) is 42.1 Å². The zero-order valence-corrected chi connectivity index (χ0v) is 17.0. The van der Waals surface area contributed by atoms with Crippen LogP contribution in [0.4, 0.5) is 10.1 Å². The van der Waals surface area contributed by atoms with E-state index in [0.29, 0.717) is 24.4 Å². The highest BCUT2D eigenvalue weighted by atomic mass is 19.1. The minimum atomic E-state index is -1.29. The van der Waals surface area contributed by atoms with E-state index in [1.807, 2.05) is 39.8 Å². The number of aromatic carboxylic acids is 1. The number of benzene rings is 2. The summed E-state index contributed by atoms with van der Waals surface area (Å²) in [7, 11) is 0. The largest absolute Gasteiger partial charge is 0.491 e. The van der Waals surface area contributed by atoms with Gasteiger partial charge in [0.05, 0.1) is 17.2 Å². The topological polar surface area (TPSA) is 71.8 Å². The summed E-state index contributed by atoms with van der Waals surface area (Å²) >= 11 is 0. The van der Waals surface area contributed by atoms with Crippen LogP contribution in [-0.4, -0.2) is 34.8 Å². The molecule has 0 spiro atoms. The van der Waals surface area contributed by atoms with E-state index in [2.05, 4.69) is 0 Å². The number of pyridine rings is 1. The first kappa shape index (κ1) is 19.6. The van der Waals surface area contributed by atoms with Gasteiger partial charge < -0.3 is 19.3 Å². The third kappa shape index (κ3) is 3.65. The zero-order valence-electron chi connectivity index (χ0n) is 17.0. The molecule has 0 unspecified atom stereocenters. The van der Waals surface area contributed by atoms with Gasteiger partial charge in [0.2, 0.25) is 5.43 Å². The van der Waals surface area contributed by atoms with Crippen LogP contribution < -0.4 is 15.1 Å². The molecule has 1 saturated carbocycles. The molecule has 0 amide bonds. The maximum absolute atomic E-state index is 15.2. The SMILES string of the molecule is O=C(O)c1cn(C2CC2)c2cc(N3CCC[C@@H]3COc3ccccc3)c(F)cc2c1=O. The average molecular weight is 422 g/mol. The molecular formula is C24H23FN2O4. The quantitative estimate of drug-likeness (QED) is 0.644. The van der Waals surface area contributed by atoms with Crippen molar-refractivity contribution in [3.63, 3.8) is 0 Å². The number of hydrogen-bond donors (Lipinski definition) is 1. The number of carboxylic acids is 1. The fourth-order valence-corrected chi connectivity index (χ4v) is 4.42. The molecule has 1 atom stereocenters. The van der Waals surface area contributed by atoms with Crippen LogP contribution in [0.15, 0.2) is 53.5 Å². The van der Waals surface area contributed by atoms with Gasteiger partial charge in [-0.3, -0.25) is 4.79 Å². The van der Waals surface area contributed by atoms with Crippen LogP contribution in [0, 0.1) is 5.82 Å². The third-order valence-electron chi connectivity index (χ3n) is 6.14. The zero-order chi connectivity index (χ0) is 21.5. The van der Waals surface area contributed by atoms with Crippen molar-refractivity contribution in [2.24, 2.45) is 0 Å². The first-order valence-electron chi connectivity index (χ1n) is 10.6. The van der Waals surface area contributed by atoms with Crippen molar-refractivity contribution >= 4 is 22.6 Å². The fourth-order valence-electron chi connectivity index (χ4n) is 4.42. The van der Waals surface area contributed by atoms with Gasteiger partial charge in [0, 0.05) is 24.2 Å². The summed E-state index contributed by atoms with van der Waals surface area (Å²) in [5.41, 5.74) is 0.0594. The van der Waals surface area contributed by atoms with E-state index in [1.165, 1.54) is 12.3 Å². The number of carboxylic acid groups (broad SMARTS) is 1. The smallest absolute Gasteiger partial charge is 0.341 e. The van der Waals surface area contributed by atoms with Gasteiger partial charge in [0.15, 0.2) is 0 Å². The number of carbonyl (C=O) groups is 1. The summed E-state index contributed by atoms with van der Waals surface area (Å²) in [6.45, 7) is 1.14. The van der Waals surface area contributed by atoms with Crippen LogP contribution >= 0.6 is 0 Å². The molecule has 1 aromatic heterocycles. The van der Waals surface area contributed by atoms with Gasteiger partial charge in [-0.25, -0.2) is 9.18 Å². The Morgan fingerprint density at radius 1 is 1.16 bits per heavy atom. The summed E-state index contributed by atoms with van der Waals surface area (Å²) in [5, 5.41) is 9.52.